The van der Waals surface area contributed by atoms with E-state index in [0.717, 1.165) is 47.5 Å². The van der Waals surface area contributed by atoms with Crippen molar-refractivity contribution in [1.82, 2.24) is 0 Å². The predicted octanol–water partition coefficient (Wildman–Crippen LogP) is 7.39. The van der Waals surface area contributed by atoms with Gasteiger partial charge in [0.05, 0.1) is 6.61 Å². The van der Waals surface area contributed by atoms with Crippen LogP contribution in [0.4, 0.5) is 0 Å². The molecule has 28 heavy (non-hydrogen) atoms. The average Bonchev–Trinajstić information content (AvgIpc) is 3.04. The van der Waals surface area contributed by atoms with Crippen LogP contribution < -0.4 is 0 Å². The van der Waals surface area contributed by atoms with Crippen LogP contribution in [0.15, 0.2) is 11.6 Å². The van der Waals surface area contributed by atoms with Crippen LogP contribution in [0, 0.1) is 46.3 Å². The quantitative estimate of drug-likeness (QED) is 0.488. The lowest BCUT2D eigenvalue weighted by Gasteiger charge is -2.61. The van der Waals surface area contributed by atoms with Crippen LogP contribution in [-0.4, -0.2) is 11.7 Å². The molecule has 0 aromatic carbocycles. The fraction of sp³-hybridized carbons (Fsp3) is 0.926. The minimum Gasteiger partial charge on any atom is -0.392 e. The highest BCUT2D eigenvalue weighted by Gasteiger charge is 2.59. The molecule has 0 aliphatic heterocycles. The third kappa shape index (κ3) is 3.42. The SMILES string of the molecule is CC(=CCCC(C)[C@H]1CC[C@H]2[C@@H]3CCC4CCCC[C@]4(C)[C@H]3CC[C@]12C)CO. The Hall–Kier alpha value is -0.300. The molecule has 4 rings (SSSR count). The summed E-state index contributed by atoms with van der Waals surface area (Å²) in [6.45, 7) is 10.2. The molecule has 0 aromatic heterocycles. The molecule has 8 atom stereocenters. The second-order valence-electron chi connectivity index (χ2n) is 11.9. The van der Waals surface area contributed by atoms with Crippen molar-refractivity contribution < 1.29 is 5.11 Å². The lowest BCUT2D eigenvalue weighted by molar-refractivity contribution is -0.114. The van der Waals surface area contributed by atoms with Gasteiger partial charge in [0, 0.05) is 0 Å². The summed E-state index contributed by atoms with van der Waals surface area (Å²) < 4.78 is 0. The first-order chi connectivity index (χ1) is 13.4. The van der Waals surface area contributed by atoms with Gasteiger partial charge in [0.25, 0.3) is 0 Å². The maximum atomic E-state index is 9.25. The summed E-state index contributed by atoms with van der Waals surface area (Å²) in [5.74, 6) is 5.88. The van der Waals surface area contributed by atoms with E-state index in [9.17, 15) is 5.11 Å². The Morgan fingerprint density at radius 2 is 1.75 bits per heavy atom. The fourth-order valence-electron chi connectivity index (χ4n) is 9.13. The number of aliphatic hydroxyl groups is 1. The highest BCUT2D eigenvalue weighted by Crippen LogP contribution is 2.68. The van der Waals surface area contributed by atoms with Gasteiger partial charge in [0.15, 0.2) is 0 Å². The van der Waals surface area contributed by atoms with Crippen LogP contribution in [0.3, 0.4) is 0 Å². The van der Waals surface area contributed by atoms with Gasteiger partial charge in [0.1, 0.15) is 0 Å². The van der Waals surface area contributed by atoms with Gasteiger partial charge in [-0.25, -0.2) is 0 Å². The van der Waals surface area contributed by atoms with Gasteiger partial charge in [-0.15, -0.1) is 0 Å². The second kappa shape index (κ2) is 8.09. The van der Waals surface area contributed by atoms with Crippen LogP contribution >= 0.6 is 0 Å². The minimum absolute atomic E-state index is 0.223. The van der Waals surface area contributed by atoms with Crippen molar-refractivity contribution in [3.05, 3.63) is 11.6 Å². The summed E-state index contributed by atoms with van der Waals surface area (Å²) in [4.78, 5) is 0. The lowest BCUT2D eigenvalue weighted by Crippen LogP contribution is -2.53. The molecule has 0 heterocycles. The molecule has 2 unspecified atom stereocenters. The lowest BCUT2D eigenvalue weighted by atomic mass is 9.44. The molecule has 0 saturated heterocycles. The molecule has 0 radical (unpaired) electrons. The minimum atomic E-state index is 0.223. The van der Waals surface area contributed by atoms with Crippen LogP contribution in [0.2, 0.25) is 0 Å². The van der Waals surface area contributed by atoms with Gasteiger partial charge in [-0.05, 0) is 117 Å². The molecule has 4 fully saturated rings. The van der Waals surface area contributed by atoms with E-state index >= 15 is 0 Å². The Labute approximate surface area is 174 Å². The van der Waals surface area contributed by atoms with Crippen LogP contribution in [0.1, 0.15) is 105 Å². The molecule has 0 bridgehead atoms. The van der Waals surface area contributed by atoms with E-state index in [0.29, 0.717) is 10.8 Å². The first-order valence-electron chi connectivity index (χ1n) is 12.7. The van der Waals surface area contributed by atoms with Gasteiger partial charge < -0.3 is 5.11 Å². The predicted molar refractivity (Wildman–Crippen MR) is 119 cm³/mol. The normalized spacial score (nSPS) is 47.2. The van der Waals surface area contributed by atoms with E-state index in [1.807, 2.05) is 0 Å². The number of hydrogen-bond acceptors (Lipinski definition) is 1. The molecule has 0 aromatic rings. The van der Waals surface area contributed by atoms with E-state index < -0.39 is 0 Å². The highest BCUT2D eigenvalue weighted by atomic mass is 16.3. The molecule has 4 aliphatic carbocycles. The van der Waals surface area contributed by atoms with Crippen molar-refractivity contribution in [2.24, 2.45) is 46.3 Å². The Morgan fingerprint density at radius 3 is 2.54 bits per heavy atom. The molecule has 160 valence electrons. The zero-order chi connectivity index (χ0) is 19.9. The molecule has 1 nitrogen and oxygen atoms in total. The van der Waals surface area contributed by atoms with E-state index in [1.165, 1.54) is 64.2 Å². The maximum Gasteiger partial charge on any atom is 0.0639 e. The van der Waals surface area contributed by atoms with Crippen molar-refractivity contribution in [1.29, 1.82) is 0 Å². The molecular formula is C27H46O. The molecule has 1 heteroatoms. The van der Waals surface area contributed by atoms with E-state index in [1.54, 1.807) is 6.42 Å². The summed E-state index contributed by atoms with van der Waals surface area (Å²) in [6, 6.07) is 0. The number of hydrogen-bond donors (Lipinski definition) is 1. The Kier molecular flexibility index (Phi) is 6.05. The summed E-state index contributed by atoms with van der Waals surface area (Å²) >= 11 is 0. The number of allylic oxidation sites excluding steroid dienone is 1. The number of aliphatic hydroxyl groups excluding tert-OH is 1. The van der Waals surface area contributed by atoms with Gasteiger partial charge in [0.2, 0.25) is 0 Å². The smallest absolute Gasteiger partial charge is 0.0639 e. The first kappa shape index (κ1) is 21.0. The van der Waals surface area contributed by atoms with Gasteiger partial charge in [-0.2, -0.15) is 0 Å². The average molecular weight is 387 g/mol. The van der Waals surface area contributed by atoms with Crippen LogP contribution in [0.5, 0.6) is 0 Å². The maximum absolute atomic E-state index is 9.25. The van der Waals surface area contributed by atoms with Crippen molar-refractivity contribution in [3.63, 3.8) is 0 Å². The molecule has 1 N–H and O–H groups in total. The Balaban J connectivity index is 1.46. The van der Waals surface area contributed by atoms with E-state index in [-0.39, 0.29) is 6.61 Å². The van der Waals surface area contributed by atoms with Crippen molar-refractivity contribution in [3.8, 4) is 0 Å². The molecule has 0 amide bonds. The summed E-state index contributed by atoms with van der Waals surface area (Å²) in [7, 11) is 0. The topological polar surface area (TPSA) is 20.2 Å². The molecule has 4 aliphatic rings. The van der Waals surface area contributed by atoms with Gasteiger partial charge in [-0.3, -0.25) is 0 Å². The Bertz CT molecular complexity index is 579. The summed E-state index contributed by atoms with van der Waals surface area (Å²) in [5.41, 5.74) is 2.42. The van der Waals surface area contributed by atoms with Crippen LogP contribution in [0.25, 0.3) is 0 Å². The van der Waals surface area contributed by atoms with Crippen LogP contribution in [-0.2, 0) is 0 Å². The van der Waals surface area contributed by atoms with Crippen molar-refractivity contribution in [2.75, 3.05) is 6.61 Å². The zero-order valence-electron chi connectivity index (χ0n) is 19.2. The second-order valence-corrected chi connectivity index (χ2v) is 11.9. The van der Waals surface area contributed by atoms with Gasteiger partial charge >= 0.3 is 0 Å². The first-order valence-corrected chi connectivity index (χ1v) is 12.7. The third-order valence-electron chi connectivity index (χ3n) is 10.7. The van der Waals surface area contributed by atoms with E-state index in [2.05, 4.69) is 33.8 Å². The van der Waals surface area contributed by atoms with Gasteiger partial charge in [-0.1, -0.05) is 45.3 Å². The fourth-order valence-corrected chi connectivity index (χ4v) is 9.13. The summed E-state index contributed by atoms with van der Waals surface area (Å²) in [5, 5.41) is 9.25. The monoisotopic (exact) mass is 386 g/mol. The standard InChI is InChI=1S/C27H46O/c1-19(18-28)8-7-9-20(2)23-13-14-24-22-12-11-21-10-5-6-16-26(21,3)25(22)15-17-27(23,24)4/h8,20-25,28H,5-7,9-18H2,1-4H3/t20?,21?,22-,23+,24-,25-,26-,27+/m0/s1. The summed E-state index contributed by atoms with van der Waals surface area (Å²) in [6.07, 6.45) is 19.9. The molecular weight excluding hydrogens is 340 g/mol. The van der Waals surface area contributed by atoms with Crippen molar-refractivity contribution in [2.45, 2.75) is 105 Å². The number of fused-ring (bicyclic) bond motifs is 5. The molecule has 0 spiro atoms. The zero-order valence-corrected chi connectivity index (χ0v) is 19.2. The largest absolute Gasteiger partial charge is 0.392 e. The Morgan fingerprint density at radius 1 is 0.964 bits per heavy atom. The number of rotatable bonds is 5. The third-order valence-corrected chi connectivity index (χ3v) is 10.7. The molecule has 4 saturated carbocycles. The highest BCUT2D eigenvalue weighted by molar-refractivity contribution is 5.09. The van der Waals surface area contributed by atoms with Crippen molar-refractivity contribution >= 4 is 0 Å². The van der Waals surface area contributed by atoms with E-state index in [4.69, 9.17) is 0 Å².